The van der Waals surface area contributed by atoms with E-state index in [0.29, 0.717) is 33.0 Å². The monoisotopic (exact) mass is 405 g/mol. The summed E-state index contributed by atoms with van der Waals surface area (Å²) < 4.78 is 17.4. The molecule has 8 heteroatoms. The molecule has 25 heavy (non-hydrogen) atoms. The standard InChI is InChI=1S/C17H16BrN3O4/c1-10(22)21-17(25-16(20-21)11-5-4-6-19-9-11)12-7-13(18)15(24-3)8-14(12)23-2/h4-9,17H,1-3H3. The van der Waals surface area contributed by atoms with Crippen molar-refractivity contribution in [2.45, 2.75) is 13.2 Å². The van der Waals surface area contributed by atoms with Gasteiger partial charge in [-0.25, -0.2) is 0 Å². The third-order valence-corrected chi connectivity index (χ3v) is 4.26. The quantitative estimate of drug-likeness (QED) is 0.780. The third kappa shape index (κ3) is 3.30. The van der Waals surface area contributed by atoms with Gasteiger partial charge >= 0.3 is 0 Å². The molecule has 1 aromatic carbocycles. The number of hydrogen-bond donors (Lipinski definition) is 0. The van der Waals surface area contributed by atoms with Crippen LogP contribution in [0.15, 0.2) is 46.2 Å². The van der Waals surface area contributed by atoms with Gasteiger partial charge in [0.25, 0.3) is 0 Å². The molecule has 0 spiro atoms. The van der Waals surface area contributed by atoms with Crippen molar-refractivity contribution in [3.8, 4) is 11.5 Å². The lowest BCUT2D eigenvalue weighted by Crippen LogP contribution is -2.25. The molecule has 3 rings (SSSR count). The Kier molecular flexibility index (Phi) is 4.89. The van der Waals surface area contributed by atoms with Gasteiger partial charge in [0.1, 0.15) is 11.5 Å². The first kappa shape index (κ1) is 17.2. The van der Waals surface area contributed by atoms with E-state index in [-0.39, 0.29) is 5.91 Å². The lowest BCUT2D eigenvalue weighted by atomic mass is 10.1. The molecule has 7 nitrogen and oxygen atoms in total. The predicted octanol–water partition coefficient (Wildman–Crippen LogP) is 3.10. The zero-order valence-electron chi connectivity index (χ0n) is 13.9. The minimum absolute atomic E-state index is 0.252. The summed E-state index contributed by atoms with van der Waals surface area (Å²) in [5.74, 6) is 1.21. The minimum atomic E-state index is -0.745. The Bertz CT molecular complexity index is 826. The summed E-state index contributed by atoms with van der Waals surface area (Å²) in [4.78, 5) is 16.1. The average Bonchev–Trinajstić information content (AvgIpc) is 3.07. The molecule has 1 atom stereocenters. The summed E-state index contributed by atoms with van der Waals surface area (Å²) in [7, 11) is 3.11. The molecule has 0 fully saturated rings. The summed E-state index contributed by atoms with van der Waals surface area (Å²) >= 11 is 3.45. The molecule has 0 saturated heterocycles. The number of carbonyl (C=O) groups excluding carboxylic acids is 1. The molecule has 0 N–H and O–H groups in total. The van der Waals surface area contributed by atoms with Crippen LogP contribution in [0.1, 0.15) is 24.3 Å². The number of amides is 1. The number of carbonyl (C=O) groups is 1. The SMILES string of the molecule is COc1cc(OC)c(C2OC(c3cccnc3)=NN2C(C)=O)cc1Br. The second-order valence-corrected chi connectivity index (χ2v) is 6.06. The van der Waals surface area contributed by atoms with Crippen LogP contribution in [0.2, 0.25) is 0 Å². The van der Waals surface area contributed by atoms with E-state index < -0.39 is 6.23 Å². The van der Waals surface area contributed by atoms with E-state index >= 15 is 0 Å². The van der Waals surface area contributed by atoms with Gasteiger partial charge in [0.2, 0.25) is 18.0 Å². The van der Waals surface area contributed by atoms with Crippen LogP contribution in [0.25, 0.3) is 0 Å². The van der Waals surface area contributed by atoms with E-state index in [9.17, 15) is 4.79 Å². The summed E-state index contributed by atoms with van der Waals surface area (Å²) in [6.45, 7) is 1.43. The number of benzene rings is 1. The lowest BCUT2D eigenvalue weighted by Gasteiger charge is -2.22. The molecule has 130 valence electrons. The number of hydrogen-bond acceptors (Lipinski definition) is 6. The number of rotatable bonds is 4. The fourth-order valence-electron chi connectivity index (χ4n) is 2.45. The highest BCUT2D eigenvalue weighted by molar-refractivity contribution is 9.10. The Morgan fingerprint density at radius 2 is 2.04 bits per heavy atom. The Morgan fingerprint density at radius 1 is 1.28 bits per heavy atom. The topological polar surface area (TPSA) is 73.2 Å². The number of methoxy groups -OCH3 is 2. The first-order valence-corrected chi connectivity index (χ1v) is 8.21. The van der Waals surface area contributed by atoms with Crippen LogP contribution in [-0.2, 0) is 9.53 Å². The molecule has 1 amide bonds. The highest BCUT2D eigenvalue weighted by Crippen LogP contribution is 2.40. The van der Waals surface area contributed by atoms with E-state index in [1.54, 1.807) is 44.8 Å². The second kappa shape index (κ2) is 7.10. The molecule has 0 aliphatic carbocycles. The molecule has 0 radical (unpaired) electrons. The molecule has 1 unspecified atom stereocenters. The first-order valence-electron chi connectivity index (χ1n) is 7.42. The van der Waals surface area contributed by atoms with Crippen molar-refractivity contribution in [1.82, 2.24) is 9.99 Å². The van der Waals surface area contributed by atoms with Crippen LogP contribution in [0.5, 0.6) is 11.5 Å². The summed E-state index contributed by atoms with van der Waals surface area (Å²) in [6.07, 6.45) is 2.54. The Hall–Kier alpha value is -2.61. The van der Waals surface area contributed by atoms with E-state index in [0.717, 1.165) is 0 Å². The summed E-state index contributed by atoms with van der Waals surface area (Å²) in [5.41, 5.74) is 1.33. The molecule has 0 bridgehead atoms. The summed E-state index contributed by atoms with van der Waals surface area (Å²) in [6, 6.07) is 7.11. The van der Waals surface area contributed by atoms with Gasteiger partial charge in [0, 0.05) is 25.4 Å². The van der Waals surface area contributed by atoms with Crippen LogP contribution < -0.4 is 9.47 Å². The van der Waals surface area contributed by atoms with E-state index in [4.69, 9.17) is 14.2 Å². The van der Waals surface area contributed by atoms with Gasteiger partial charge in [-0.15, -0.1) is 5.10 Å². The molecule has 1 aliphatic heterocycles. The molecule has 0 saturated carbocycles. The van der Waals surface area contributed by atoms with Gasteiger partial charge in [-0.3, -0.25) is 9.78 Å². The number of ether oxygens (including phenoxy) is 3. The molecule has 1 aliphatic rings. The summed E-state index contributed by atoms with van der Waals surface area (Å²) in [5, 5.41) is 5.58. The van der Waals surface area contributed by atoms with E-state index in [2.05, 4.69) is 26.0 Å². The van der Waals surface area contributed by atoms with Crippen molar-refractivity contribution in [2.75, 3.05) is 14.2 Å². The Morgan fingerprint density at radius 3 is 2.64 bits per heavy atom. The van der Waals surface area contributed by atoms with Crippen molar-refractivity contribution in [3.05, 3.63) is 52.3 Å². The van der Waals surface area contributed by atoms with E-state index in [1.165, 1.54) is 11.9 Å². The van der Waals surface area contributed by atoms with Crippen molar-refractivity contribution >= 4 is 27.7 Å². The normalized spacial score (nSPS) is 16.2. The van der Waals surface area contributed by atoms with Gasteiger partial charge in [0.05, 0.1) is 29.8 Å². The van der Waals surface area contributed by atoms with Crippen molar-refractivity contribution in [2.24, 2.45) is 5.10 Å². The van der Waals surface area contributed by atoms with Gasteiger partial charge in [-0.1, -0.05) is 0 Å². The van der Waals surface area contributed by atoms with E-state index in [1.807, 2.05) is 6.07 Å². The van der Waals surface area contributed by atoms with Crippen LogP contribution in [0, 0.1) is 0 Å². The molecular formula is C17H16BrN3O4. The lowest BCUT2D eigenvalue weighted by molar-refractivity contribution is -0.135. The maximum absolute atomic E-state index is 12.1. The number of aromatic nitrogens is 1. The molecule has 1 aromatic heterocycles. The largest absolute Gasteiger partial charge is 0.496 e. The number of hydrazone groups is 1. The maximum Gasteiger partial charge on any atom is 0.243 e. The fraction of sp³-hybridized carbons (Fsp3) is 0.235. The van der Waals surface area contributed by atoms with Gasteiger partial charge in [0.15, 0.2) is 0 Å². The average molecular weight is 406 g/mol. The second-order valence-electron chi connectivity index (χ2n) is 5.21. The molecular weight excluding hydrogens is 390 g/mol. The molecule has 2 heterocycles. The number of nitrogens with zero attached hydrogens (tertiary/aromatic N) is 3. The van der Waals surface area contributed by atoms with Crippen LogP contribution >= 0.6 is 15.9 Å². The highest BCUT2D eigenvalue weighted by atomic mass is 79.9. The van der Waals surface area contributed by atoms with Crippen molar-refractivity contribution < 1.29 is 19.0 Å². The Balaban J connectivity index is 2.03. The molecule has 2 aromatic rings. The number of halogens is 1. The van der Waals surface area contributed by atoms with Crippen LogP contribution in [-0.4, -0.2) is 36.0 Å². The minimum Gasteiger partial charge on any atom is -0.496 e. The van der Waals surface area contributed by atoms with Crippen LogP contribution in [0.4, 0.5) is 0 Å². The zero-order valence-corrected chi connectivity index (χ0v) is 15.5. The smallest absolute Gasteiger partial charge is 0.243 e. The number of pyridine rings is 1. The van der Waals surface area contributed by atoms with Gasteiger partial charge in [-0.2, -0.15) is 5.01 Å². The predicted molar refractivity (Wildman–Crippen MR) is 94.4 cm³/mol. The van der Waals surface area contributed by atoms with Crippen LogP contribution in [0.3, 0.4) is 0 Å². The third-order valence-electron chi connectivity index (χ3n) is 3.65. The first-order chi connectivity index (χ1) is 12.0. The van der Waals surface area contributed by atoms with Crippen molar-refractivity contribution in [3.63, 3.8) is 0 Å². The Labute approximate surface area is 153 Å². The van der Waals surface area contributed by atoms with Crippen molar-refractivity contribution in [1.29, 1.82) is 0 Å². The highest BCUT2D eigenvalue weighted by Gasteiger charge is 2.35. The fourth-order valence-corrected chi connectivity index (χ4v) is 2.97. The zero-order chi connectivity index (χ0) is 18.0. The van der Waals surface area contributed by atoms with Gasteiger partial charge in [-0.05, 0) is 34.1 Å². The van der Waals surface area contributed by atoms with Gasteiger partial charge < -0.3 is 14.2 Å². The maximum atomic E-state index is 12.1.